The molecule has 5 heteroatoms. The summed E-state index contributed by atoms with van der Waals surface area (Å²) in [5.41, 5.74) is 1.64. The maximum absolute atomic E-state index is 9.69. The van der Waals surface area contributed by atoms with E-state index in [9.17, 15) is 5.02 Å². The van der Waals surface area contributed by atoms with Crippen LogP contribution in [0, 0.1) is 0 Å². The molecule has 1 aliphatic heterocycles. The lowest BCUT2D eigenvalue weighted by atomic mass is 9.78. The van der Waals surface area contributed by atoms with Gasteiger partial charge in [-0.25, -0.2) is 0 Å². The first-order chi connectivity index (χ1) is 7.77. The predicted molar refractivity (Wildman–Crippen MR) is 61.2 cm³/mol. The monoisotopic (exact) mass is 222 g/mol. The van der Waals surface area contributed by atoms with Crippen molar-refractivity contribution in [1.82, 2.24) is 0 Å². The molecule has 0 atom stereocenters. The third-order valence-corrected chi connectivity index (χ3v) is 2.56. The van der Waals surface area contributed by atoms with Gasteiger partial charge in [-0.1, -0.05) is 13.0 Å². The van der Waals surface area contributed by atoms with Crippen LogP contribution in [0.1, 0.15) is 18.9 Å². The Morgan fingerprint density at radius 3 is 3.00 bits per heavy atom. The molecule has 1 heterocycles. The van der Waals surface area contributed by atoms with Gasteiger partial charge in [-0.2, -0.15) is 0 Å². The van der Waals surface area contributed by atoms with Crippen LogP contribution in [0.15, 0.2) is 12.1 Å². The quantitative estimate of drug-likeness (QED) is 0.762. The molecule has 0 fully saturated rings. The zero-order valence-corrected chi connectivity index (χ0v) is 9.53. The van der Waals surface area contributed by atoms with E-state index in [1.54, 1.807) is 7.11 Å². The highest BCUT2D eigenvalue weighted by Crippen LogP contribution is 2.29. The summed E-state index contributed by atoms with van der Waals surface area (Å²) >= 11 is 0. The molecular weight excluding hydrogens is 207 g/mol. The van der Waals surface area contributed by atoms with Crippen molar-refractivity contribution >= 4 is 12.6 Å². The van der Waals surface area contributed by atoms with Gasteiger partial charge in [0.15, 0.2) is 11.5 Å². The van der Waals surface area contributed by atoms with Crippen molar-refractivity contribution < 1.29 is 19.2 Å². The van der Waals surface area contributed by atoms with E-state index in [-0.39, 0.29) is 0 Å². The first kappa shape index (κ1) is 11.3. The van der Waals surface area contributed by atoms with Gasteiger partial charge in [0, 0.05) is 5.46 Å². The Hall–Kier alpha value is -1.20. The maximum atomic E-state index is 9.69. The third-order valence-electron chi connectivity index (χ3n) is 2.56. The number of methoxy groups -OCH3 is 1. The molecule has 86 valence electrons. The fourth-order valence-corrected chi connectivity index (χ4v) is 1.81. The van der Waals surface area contributed by atoms with Crippen molar-refractivity contribution in [1.29, 1.82) is 0 Å². The number of hydrogen-bond acceptors (Lipinski definition) is 4. The molecule has 0 spiro atoms. The van der Waals surface area contributed by atoms with Crippen LogP contribution >= 0.6 is 0 Å². The van der Waals surface area contributed by atoms with Gasteiger partial charge < -0.3 is 19.2 Å². The fraction of sp³-hybridized carbons (Fsp3) is 0.455. The van der Waals surface area contributed by atoms with Crippen molar-refractivity contribution in [3.05, 3.63) is 17.7 Å². The summed E-state index contributed by atoms with van der Waals surface area (Å²) in [6.45, 7) is 3.09. The largest absolute Gasteiger partial charge is 0.495 e. The van der Waals surface area contributed by atoms with E-state index in [4.69, 9.17) is 14.1 Å². The van der Waals surface area contributed by atoms with E-state index in [2.05, 4.69) is 0 Å². The highest BCUT2D eigenvalue weighted by atomic mass is 16.5. The maximum Gasteiger partial charge on any atom is 0.495 e. The number of rotatable bonds is 4. The average Bonchev–Trinajstić information content (AvgIpc) is 2.68. The Labute approximate surface area is 95.3 Å². The van der Waals surface area contributed by atoms with Gasteiger partial charge in [-0.05, 0) is 18.1 Å². The van der Waals surface area contributed by atoms with Gasteiger partial charge in [-0.15, -0.1) is 0 Å². The number of fused-ring (bicyclic) bond motifs is 1. The summed E-state index contributed by atoms with van der Waals surface area (Å²) in [6.07, 6.45) is 0.930. The van der Waals surface area contributed by atoms with Gasteiger partial charge in [-0.3, -0.25) is 0 Å². The zero-order valence-electron chi connectivity index (χ0n) is 9.53. The van der Waals surface area contributed by atoms with Crippen molar-refractivity contribution in [2.45, 2.75) is 20.0 Å². The van der Waals surface area contributed by atoms with Crippen LogP contribution < -0.4 is 14.9 Å². The molecule has 1 aromatic carbocycles. The summed E-state index contributed by atoms with van der Waals surface area (Å²) < 4.78 is 16.0. The smallest absolute Gasteiger partial charge is 0.493 e. The summed E-state index contributed by atoms with van der Waals surface area (Å²) in [7, 11) is 0.662. The van der Waals surface area contributed by atoms with Crippen LogP contribution in [0.2, 0.25) is 0 Å². The van der Waals surface area contributed by atoms with E-state index < -0.39 is 7.12 Å². The lowest BCUT2D eigenvalue weighted by Gasteiger charge is -2.13. The Balaban J connectivity index is 2.37. The predicted octanol–water partition coefficient (Wildman–Crippen LogP) is 0.702. The molecule has 1 N–H and O–H groups in total. The van der Waals surface area contributed by atoms with Crippen molar-refractivity contribution in [3.8, 4) is 11.5 Å². The number of benzene rings is 1. The molecule has 1 aromatic rings. The van der Waals surface area contributed by atoms with E-state index in [1.165, 1.54) is 0 Å². The second-order valence-corrected chi connectivity index (χ2v) is 3.68. The molecule has 0 unspecified atom stereocenters. The van der Waals surface area contributed by atoms with Gasteiger partial charge in [0.2, 0.25) is 0 Å². The van der Waals surface area contributed by atoms with Crippen LogP contribution in [0.5, 0.6) is 11.5 Å². The summed E-state index contributed by atoms with van der Waals surface area (Å²) in [5.74, 6) is 1.24. The van der Waals surface area contributed by atoms with E-state index in [0.29, 0.717) is 30.2 Å². The highest BCUT2D eigenvalue weighted by molar-refractivity contribution is 6.62. The standard InChI is InChI=1S/C11H15BO4/c1-3-6-15-9-5-4-8-7-16-12(13)10(8)11(9)14-2/h4-5,13H,3,6-7H2,1-2H3. The summed E-state index contributed by atoms with van der Waals surface area (Å²) in [6, 6.07) is 3.76. The van der Waals surface area contributed by atoms with Crippen molar-refractivity contribution in [2.75, 3.05) is 13.7 Å². The molecule has 0 saturated heterocycles. The molecular formula is C11H15BO4. The number of hydrogen-bond donors (Lipinski definition) is 1. The first-order valence-corrected chi connectivity index (χ1v) is 5.40. The second kappa shape index (κ2) is 4.76. The molecule has 0 aromatic heterocycles. The van der Waals surface area contributed by atoms with Crippen LogP contribution in [0.3, 0.4) is 0 Å². The molecule has 2 rings (SSSR count). The van der Waals surface area contributed by atoms with Crippen LogP contribution in [0.4, 0.5) is 0 Å². The molecule has 1 aliphatic rings. The van der Waals surface area contributed by atoms with Gasteiger partial charge >= 0.3 is 7.12 Å². The fourth-order valence-electron chi connectivity index (χ4n) is 1.81. The van der Waals surface area contributed by atoms with Gasteiger partial charge in [0.1, 0.15) is 0 Å². The lowest BCUT2D eigenvalue weighted by molar-refractivity contribution is 0.275. The molecule has 4 nitrogen and oxygen atoms in total. The minimum atomic E-state index is -0.907. The summed E-state index contributed by atoms with van der Waals surface area (Å²) in [4.78, 5) is 0. The van der Waals surface area contributed by atoms with Crippen molar-refractivity contribution in [2.24, 2.45) is 0 Å². The molecule has 0 saturated carbocycles. The van der Waals surface area contributed by atoms with Crippen LogP contribution in [-0.4, -0.2) is 25.9 Å². The Bertz CT molecular complexity index is 380. The van der Waals surface area contributed by atoms with E-state index in [0.717, 1.165) is 12.0 Å². The topological polar surface area (TPSA) is 47.9 Å². The molecule has 0 aliphatic carbocycles. The Kier molecular flexibility index (Phi) is 3.36. The zero-order chi connectivity index (χ0) is 11.5. The minimum Gasteiger partial charge on any atom is -0.493 e. The van der Waals surface area contributed by atoms with Gasteiger partial charge in [0.25, 0.3) is 0 Å². The number of ether oxygens (including phenoxy) is 2. The molecule has 16 heavy (non-hydrogen) atoms. The molecule has 0 amide bonds. The Morgan fingerprint density at radius 1 is 1.50 bits per heavy atom. The van der Waals surface area contributed by atoms with E-state index >= 15 is 0 Å². The van der Waals surface area contributed by atoms with Gasteiger partial charge in [0.05, 0.1) is 20.3 Å². The first-order valence-electron chi connectivity index (χ1n) is 5.40. The van der Waals surface area contributed by atoms with Crippen LogP contribution in [-0.2, 0) is 11.3 Å². The third kappa shape index (κ3) is 1.88. The Morgan fingerprint density at radius 2 is 2.31 bits per heavy atom. The average molecular weight is 222 g/mol. The molecule has 0 bridgehead atoms. The molecule has 0 radical (unpaired) electrons. The normalized spacial score (nSPS) is 13.8. The van der Waals surface area contributed by atoms with Crippen LogP contribution in [0.25, 0.3) is 0 Å². The highest BCUT2D eigenvalue weighted by Gasteiger charge is 2.32. The summed E-state index contributed by atoms with van der Waals surface area (Å²) in [5, 5.41) is 9.69. The lowest BCUT2D eigenvalue weighted by Crippen LogP contribution is -2.30. The SMILES string of the molecule is CCCOc1ccc2c(c1OC)B(O)OC2. The van der Waals surface area contributed by atoms with Crippen molar-refractivity contribution in [3.63, 3.8) is 0 Å². The minimum absolute atomic E-state index is 0.418. The van der Waals surface area contributed by atoms with E-state index in [1.807, 2.05) is 19.1 Å². The second-order valence-electron chi connectivity index (χ2n) is 3.68.